The highest BCUT2D eigenvalue weighted by atomic mass is 32.1. The number of carbonyl (C=O) groups excluding carboxylic acids is 2. The van der Waals surface area contributed by atoms with Gasteiger partial charge >= 0.3 is 5.97 Å². The molecule has 1 aromatic rings. The van der Waals surface area contributed by atoms with Crippen LogP contribution >= 0.6 is 11.3 Å². The van der Waals surface area contributed by atoms with Crippen molar-refractivity contribution < 1.29 is 47.5 Å². The molecule has 2 saturated heterocycles. The van der Waals surface area contributed by atoms with Gasteiger partial charge in [-0.1, -0.05) is 33.8 Å². The first-order valence-corrected chi connectivity index (χ1v) is 22.5. The van der Waals surface area contributed by atoms with Crippen LogP contribution in [0.15, 0.2) is 11.6 Å². The predicted octanol–water partition coefficient (Wildman–Crippen LogP) is 6.49. The van der Waals surface area contributed by atoms with Gasteiger partial charge in [-0.3, -0.25) is 9.59 Å². The lowest BCUT2D eigenvalue weighted by atomic mass is 9.68. The number of nitrogens with zero attached hydrogens (tertiary/aromatic N) is 2. The van der Waals surface area contributed by atoms with E-state index in [2.05, 4.69) is 52.8 Å². The Bertz CT molecular complexity index is 1570. The number of esters is 1. The molecule has 5 aliphatic rings. The zero-order valence-electron chi connectivity index (χ0n) is 36.7. The number of fused-ring (bicyclic) bond motifs is 8. The van der Waals surface area contributed by atoms with E-state index in [1.54, 1.807) is 28.4 Å². The summed E-state index contributed by atoms with van der Waals surface area (Å²) in [6.07, 6.45) is 5.28. The van der Waals surface area contributed by atoms with Crippen molar-refractivity contribution in [1.82, 2.24) is 9.88 Å². The maximum absolute atomic E-state index is 15.0. The number of likely N-dealkylation sites (N-methyl/N-ethyl adjacent to an activating group) is 1. The lowest BCUT2D eigenvalue weighted by molar-refractivity contribution is -0.247. The van der Waals surface area contributed by atoms with Crippen molar-refractivity contribution in [3.05, 3.63) is 22.2 Å². The lowest BCUT2D eigenvalue weighted by Crippen LogP contribution is -2.51. The minimum absolute atomic E-state index is 0.0106. The number of ether oxygens (including phenoxy) is 8. The van der Waals surface area contributed by atoms with Crippen LogP contribution in [0.3, 0.4) is 0 Å². The number of hydrogen-bond acceptors (Lipinski definition) is 14. The molecule has 1 saturated carbocycles. The second-order valence-electron chi connectivity index (χ2n) is 17.9. The monoisotopic (exact) mass is 833 g/mol. The first kappa shape index (κ1) is 45.5. The number of nitrogens with two attached hydrogens (primary N) is 1. The average Bonchev–Trinajstić information content (AvgIpc) is 3.89. The summed E-state index contributed by atoms with van der Waals surface area (Å²) in [5.74, 6) is -0.846. The highest BCUT2D eigenvalue weighted by molar-refractivity contribution is 7.15. The zero-order valence-corrected chi connectivity index (χ0v) is 37.5. The molecule has 14 heteroatoms. The summed E-state index contributed by atoms with van der Waals surface area (Å²) in [6, 6.07) is 0.315. The molecule has 3 fully saturated rings. The number of anilines is 1. The van der Waals surface area contributed by atoms with Crippen molar-refractivity contribution >= 4 is 28.2 Å². The molecule has 13 nitrogen and oxygen atoms in total. The summed E-state index contributed by atoms with van der Waals surface area (Å²) in [7, 11) is 10.8. The van der Waals surface area contributed by atoms with Crippen molar-refractivity contribution in [3.63, 3.8) is 0 Å². The van der Waals surface area contributed by atoms with Gasteiger partial charge in [0.25, 0.3) is 0 Å². The summed E-state index contributed by atoms with van der Waals surface area (Å²) in [5, 5.41) is 0.492. The van der Waals surface area contributed by atoms with E-state index in [0.29, 0.717) is 36.0 Å². The van der Waals surface area contributed by atoms with Crippen molar-refractivity contribution in [2.24, 2.45) is 29.6 Å². The molecule has 16 atom stereocenters. The molecule has 0 amide bonds. The Labute approximate surface area is 350 Å². The molecule has 6 rings (SSSR count). The van der Waals surface area contributed by atoms with E-state index in [4.69, 9.17) is 48.6 Å². The van der Waals surface area contributed by atoms with Crippen molar-refractivity contribution in [3.8, 4) is 0 Å². The van der Waals surface area contributed by atoms with Crippen LogP contribution in [-0.4, -0.2) is 126 Å². The normalized spacial score (nSPS) is 36.5. The summed E-state index contributed by atoms with van der Waals surface area (Å²) < 4.78 is 50.0. The SMILES string of the molecule is CC[C@H]1CCC[C@H](O[C@H]2CC[C@H](N(C)C)C(C)O2)[C@@H](C)C(=O)C2=C[C@@H]3C(c4sc(N)nc4[C@@H]4C[C@@H](OC(OC)C(OC)C(OC)C(OC)C(C)C)C[C@@H]34)[C@@H]2CC(=O)O1. The fourth-order valence-corrected chi connectivity index (χ4v) is 12.2. The van der Waals surface area contributed by atoms with Gasteiger partial charge in [0.2, 0.25) is 0 Å². The van der Waals surface area contributed by atoms with Crippen LogP contribution in [0, 0.1) is 29.6 Å². The molecule has 0 radical (unpaired) electrons. The number of rotatable bonds is 14. The minimum Gasteiger partial charge on any atom is -0.462 e. The molecule has 1 aromatic heterocycles. The molecule has 0 aromatic carbocycles. The first-order chi connectivity index (χ1) is 27.7. The number of aromatic nitrogens is 1. The highest BCUT2D eigenvalue weighted by Gasteiger charge is 2.56. The van der Waals surface area contributed by atoms with Gasteiger partial charge in [0.1, 0.15) is 18.3 Å². The third-order valence-electron chi connectivity index (χ3n) is 14.0. The molecule has 58 heavy (non-hydrogen) atoms. The number of Topliss-reactive ketones (excluding diaryl/α,β-unsaturated/α-hetero) is 1. The number of thiazole rings is 1. The molecular formula is C44H71N3O10S. The second-order valence-corrected chi connectivity index (χ2v) is 19.0. The van der Waals surface area contributed by atoms with Gasteiger partial charge in [-0.25, -0.2) is 4.98 Å². The third-order valence-corrected chi connectivity index (χ3v) is 15.0. The Morgan fingerprint density at radius 1 is 0.948 bits per heavy atom. The Kier molecular flexibility index (Phi) is 15.5. The number of hydrogen-bond donors (Lipinski definition) is 1. The van der Waals surface area contributed by atoms with E-state index in [1.807, 2.05) is 6.92 Å². The molecule has 328 valence electrons. The van der Waals surface area contributed by atoms with Crippen LogP contribution in [-0.2, 0) is 47.5 Å². The fourth-order valence-electron chi connectivity index (χ4n) is 11.1. The van der Waals surface area contributed by atoms with Crippen LogP contribution in [0.4, 0.5) is 5.13 Å². The quantitative estimate of drug-likeness (QED) is 0.161. The van der Waals surface area contributed by atoms with Crippen LogP contribution < -0.4 is 5.73 Å². The van der Waals surface area contributed by atoms with Crippen LogP contribution in [0.5, 0.6) is 0 Å². The van der Waals surface area contributed by atoms with E-state index in [0.717, 1.165) is 42.7 Å². The van der Waals surface area contributed by atoms with Crippen LogP contribution in [0.1, 0.15) is 115 Å². The minimum atomic E-state index is -0.727. The number of ketones is 1. The van der Waals surface area contributed by atoms with Gasteiger partial charge in [0.15, 0.2) is 23.5 Å². The smallest absolute Gasteiger partial charge is 0.306 e. The van der Waals surface area contributed by atoms with E-state index < -0.39 is 24.4 Å². The topological polar surface area (TPSA) is 150 Å². The second kappa shape index (κ2) is 19.8. The molecule has 2 aliphatic heterocycles. The zero-order chi connectivity index (χ0) is 42.0. The largest absolute Gasteiger partial charge is 0.462 e. The molecule has 3 heterocycles. The molecule has 6 unspecified atom stereocenters. The Balaban J connectivity index is 1.30. The highest BCUT2D eigenvalue weighted by Crippen LogP contribution is 2.62. The molecular weight excluding hydrogens is 763 g/mol. The van der Waals surface area contributed by atoms with Crippen molar-refractivity contribution in [2.75, 3.05) is 48.3 Å². The lowest BCUT2D eigenvalue weighted by Gasteiger charge is -2.40. The van der Waals surface area contributed by atoms with Gasteiger partial charge in [0, 0.05) is 63.0 Å². The summed E-state index contributed by atoms with van der Waals surface area (Å²) in [4.78, 5) is 37.0. The number of cyclic esters (lactones) is 1. The van der Waals surface area contributed by atoms with Gasteiger partial charge in [0.05, 0.1) is 36.5 Å². The fraction of sp³-hybridized carbons (Fsp3) is 0.841. The van der Waals surface area contributed by atoms with Crippen LogP contribution in [0.2, 0.25) is 0 Å². The third kappa shape index (κ3) is 9.40. The number of allylic oxidation sites excluding steroid dienone is 2. The number of nitrogen functional groups attached to an aromatic ring is 1. The number of methoxy groups -OCH3 is 4. The Hall–Kier alpha value is -2.01. The van der Waals surface area contributed by atoms with E-state index in [-0.39, 0.29) is 90.5 Å². The maximum Gasteiger partial charge on any atom is 0.306 e. The summed E-state index contributed by atoms with van der Waals surface area (Å²) in [6.45, 7) is 10.3. The predicted molar refractivity (Wildman–Crippen MR) is 221 cm³/mol. The number of carbonyl (C=O) groups is 2. The van der Waals surface area contributed by atoms with E-state index in [9.17, 15) is 9.59 Å². The van der Waals surface area contributed by atoms with Crippen molar-refractivity contribution in [1.29, 1.82) is 0 Å². The average molecular weight is 834 g/mol. The van der Waals surface area contributed by atoms with Gasteiger partial charge < -0.3 is 48.5 Å². The van der Waals surface area contributed by atoms with E-state index >= 15 is 0 Å². The molecule has 3 aliphatic carbocycles. The maximum atomic E-state index is 15.0. The Morgan fingerprint density at radius 2 is 1.67 bits per heavy atom. The standard InChI is InChI=1S/C44H71N3O10S/c1-12-25-14-13-15-33(57-35-17-16-32(47(6)7)24(5)54-35)23(4)38(49)31-20-28-27-18-26(56-43(53-11)41(52-10)40(51-9)39(50-8)22(2)3)19-30(27)37-42(58-44(45)46-37)36(28)29(31)21-34(48)55-25/h20,22-30,32-33,35-36,39-41,43H,12-19,21H2,1-11H3,(H2,45,46)/t23-,24?,25+,26+,27+,28+,29-,30-,32+,33+,35+,36?,39?,40?,41?,43?/m1/s1. The van der Waals surface area contributed by atoms with Gasteiger partial charge in [-0.15, -0.1) is 11.3 Å². The summed E-state index contributed by atoms with van der Waals surface area (Å²) >= 11 is 1.49. The molecule has 0 spiro atoms. The first-order valence-electron chi connectivity index (χ1n) is 21.7. The van der Waals surface area contributed by atoms with Gasteiger partial charge in [-0.2, -0.15) is 0 Å². The van der Waals surface area contributed by atoms with E-state index in [1.165, 1.54) is 11.3 Å². The van der Waals surface area contributed by atoms with Crippen molar-refractivity contribution in [2.45, 2.75) is 166 Å². The molecule has 2 N–H and O–H groups in total. The Morgan fingerprint density at radius 3 is 2.29 bits per heavy atom. The van der Waals surface area contributed by atoms with Crippen LogP contribution in [0.25, 0.3) is 0 Å². The van der Waals surface area contributed by atoms with Gasteiger partial charge in [-0.05, 0) is 95.7 Å². The molecule has 0 bridgehead atoms. The summed E-state index contributed by atoms with van der Waals surface area (Å²) in [5.41, 5.74) is 8.17.